The number of aromatic nitrogens is 1. The number of hydrogen-bond acceptors (Lipinski definition) is 8. The highest BCUT2D eigenvalue weighted by atomic mass is 16.5. The van der Waals surface area contributed by atoms with Crippen LogP contribution in [0.5, 0.6) is 11.5 Å². The fourth-order valence-electron chi connectivity index (χ4n) is 4.38. The summed E-state index contributed by atoms with van der Waals surface area (Å²) in [5, 5.41) is 5.62. The Morgan fingerprint density at radius 3 is 2.59 bits per heavy atom. The highest BCUT2D eigenvalue weighted by Gasteiger charge is 2.21. The maximum Gasteiger partial charge on any atom is 0.298 e. The summed E-state index contributed by atoms with van der Waals surface area (Å²) >= 11 is 0. The molecule has 0 saturated heterocycles. The van der Waals surface area contributed by atoms with E-state index < -0.39 is 11.9 Å². The van der Waals surface area contributed by atoms with Crippen molar-refractivity contribution in [2.24, 2.45) is 0 Å². The largest absolute Gasteiger partial charge is 0.493 e. The summed E-state index contributed by atoms with van der Waals surface area (Å²) in [4.78, 5) is 46.3. The average Bonchev–Trinajstić information content (AvgIpc) is 3.38. The molecule has 2 N–H and O–H groups in total. The van der Waals surface area contributed by atoms with E-state index in [0.29, 0.717) is 61.3 Å². The van der Waals surface area contributed by atoms with Gasteiger partial charge in [0.25, 0.3) is 17.8 Å². The normalized spacial score (nSPS) is 18.7. The molecule has 11 heteroatoms. The number of benzene rings is 2. The number of methoxy groups -OCH3 is 1. The monoisotopic (exact) mass is 537 g/mol. The summed E-state index contributed by atoms with van der Waals surface area (Å²) in [5.41, 5.74) is 1.91. The first-order valence-corrected chi connectivity index (χ1v) is 13.1. The Balaban J connectivity index is 1.51. The molecule has 0 aliphatic carbocycles. The quantitative estimate of drug-likeness (QED) is 0.478. The second-order valence-electron chi connectivity index (χ2n) is 9.47. The van der Waals surface area contributed by atoms with E-state index in [9.17, 15) is 14.4 Å². The molecule has 2 aromatic carbocycles. The van der Waals surface area contributed by atoms with Crippen LogP contribution in [0.4, 0.5) is 6.01 Å². The zero-order valence-electron chi connectivity index (χ0n) is 22.6. The molecule has 5 rings (SSSR count). The first-order chi connectivity index (χ1) is 18.9. The van der Waals surface area contributed by atoms with Crippen molar-refractivity contribution in [2.75, 3.05) is 51.8 Å². The highest BCUT2D eigenvalue weighted by Crippen LogP contribution is 2.28. The molecule has 2 aliphatic rings. The van der Waals surface area contributed by atoms with Crippen molar-refractivity contribution in [3.05, 3.63) is 48.0 Å². The maximum atomic E-state index is 12.8. The number of carbonyl (C=O) groups is 3. The molecule has 1 atom stereocenters. The molecule has 11 nitrogen and oxygen atoms in total. The lowest BCUT2D eigenvalue weighted by atomic mass is 10.2. The molecule has 39 heavy (non-hydrogen) atoms. The zero-order chi connectivity index (χ0) is 27.8. The molecule has 3 heterocycles. The summed E-state index contributed by atoms with van der Waals surface area (Å²) in [7, 11) is 3.19. The zero-order valence-corrected chi connectivity index (χ0v) is 22.6. The van der Waals surface area contributed by atoms with Crippen LogP contribution in [0.15, 0.2) is 46.9 Å². The lowest BCUT2D eigenvalue weighted by Crippen LogP contribution is -2.47. The van der Waals surface area contributed by atoms with E-state index in [1.807, 2.05) is 24.3 Å². The number of rotatable bonds is 2. The summed E-state index contributed by atoms with van der Waals surface area (Å²) < 4.78 is 17.0. The molecule has 0 unspecified atom stereocenters. The third-order valence-corrected chi connectivity index (χ3v) is 6.52. The maximum absolute atomic E-state index is 12.8. The number of likely N-dealkylation sites (N-methyl/N-ethyl adjacent to an activating group) is 1. The fraction of sp³-hybridized carbons (Fsp3) is 0.429. The van der Waals surface area contributed by atoms with Gasteiger partial charge in [-0.3, -0.25) is 14.4 Å². The number of oxazole rings is 1. The number of para-hydroxylation sites is 2. The molecule has 0 fully saturated rings. The minimum atomic E-state index is -0.704. The van der Waals surface area contributed by atoms with Crippen molar-refractivity contribution in [3.63, 3.8) is 0 Å². The number of nitrogens with zero attached hydrogens (tertiary/aromatic N) is 3. The smallest absolute Gasteiger partial charge is 0.298 e. The lowest BCUT2D eigenvalue weighted by Gasteiger charge is -2.24. The lowest BCUT2D eigenvalue weighted by molar-refractivity contribution is -0.135. The summed E-state index contributed by atoms with van der Waals surface area (Å²) in [6.07, 6.45) is 2.23. The van der Waals surface area contributed by atoms with Crippen molar-refractivity contribution < 1.29 is 28.3 Å². The van der Waals surface area contributed by atoms with Crippen LogP contribution in [0.25, 0.3) is 11.1 Å². The molecule has 3 amide bonds. The van der Waals surface area contributed by atoms with E-state index in [-0.39, 0.29) is 18.4 Å². The Morgan fingerprint density at radius 1 is 1.03 bits per heavy atom. The molecule has 2 aliphatic heterocycles. The van der Waals surface area contributed by atoms with E-state index in [4.69, 9.17) is 13.9 Å². The molecular formula is C28H35N5O6. The topological polar surface area (TPSA) is 126 Å². The van der Waals surface area contributed by atoms with Crippen LogP contribution in [0.2, 0.25) is 0 Å². The van der Waals surface area contributed by atoms with Gasteiger partial charge in [0, 0.05) is 38.8 Å². The van der Waals surface area contributed by atoms with Gasteiger partial charge in [0.15, 0.2) is 23.7 Å². The molecule has 3 aromatic rings. The van der Waals surface area contributed by atoms with Gasteiger partial charge in [-0.15, -0.1) is 0 Å². The second-order valence-corrected chi connectivity index (χ2v) is 9.47. The van der Waals surface area contributed by atoms with E-state index in [2.05, 4.69) is 20.5 Å². The Hall–Kier alpha value is -4.28. The number of fused-ring (bicyclic) bond motifs is 19. The predicted molar refractivity (Wildman–Crippen MR) is 146 cm³/mol. The van der Waals surface area contributed by atoms with Crippen molar-refractivity contribution >= 4 is 34.8 Å². The number of hydrogen-bond donors (Lipinski definition) is 2. The number of anilines is 1. The minimum Gasteiger partial charge on any atom is -0.493 e. The van der Waals surface area contributed by atoms with E-state index in [1.54, 1.807) is 37.1 Å². The molecule has 0 saturated carbocycles. The Labute approximate surface area is 227 Å². The molecular weight excluding hydrogens is 502 g/mol. The van der Waals surface area contributed by atoms with Gasteiger partial charge in [-0.25, -0.2) is 0 Å². The van der Waals surface area contributed by atoms with Crippen molar-refractivity contribution in [2.45, 2.75) is 32.2 Å². The van der Waals surface area contributed by atoms with Crippen LogP contribution in [-0.2, 0) is 9.59 Å². The van der Waals surface area contributed by atoms with Gasteiger partial charge in [0.1, 0.15) is 11.6 Å². The van der Waals surface area contributed by atoms with Gasteiger partial charge in [0.05, 0.1) is 7.11 Å². The first kappa shape index (κ1) is 27.7. The second kappa shape index (κ2) is 13.0. The van der Waals surface area contributed by atoms with E-state index in [0.717, 1.165) is 18.4 Å². The SMILES string of the molecule is COc1cc2ccc1OCC(=O)N[C@@H](C)C(=O)N(C)CCCCN(c1nc3ccccc3o1)CCCNC2=O. The molecule has 0 radical (unpaired) electrons. The Morgan fingerprint density at radius 2 is 1.79 bits per heavy atom. The van der Waals surface area contributed by atoms with Crippen molar-refractivity contribution in [1.82, 2.24) is 20.5 Å². The van der Waals surface area contributed by atoms with Crippen molar-refractivity contribution in [1.29, 1.82) is 0 Å². The van der Waals surface area contributed by atoms with Crippen LogP contribution >= 0.6 is 0 Å². The molecule has 2 bridgehead atoms. The Bertz CT molecular complexity index is 1280. The van der Waals surface area contributed by atoms with Crippen LogP contribution in [0.3, 0.4) is 0 Å². The van der Waals surface area contributed by atoms with Crippen LogP contribution < -0.4 is 25.0 Å². The summed E-state index contributed by atoms with van der Waals surface area (Å²) in [6, 6.07) is 12.2. The van der Waals surface area contributed by atoms with Gasteiger partial charge in [-0.05, 0) is 56.5 Å². The van der Waals surface area contributed by atoms with Gasteiger partial charge in [-0.1, -0.05) is 12.1 Å². The predicted octanol–water partition coefficient (Wildman–Crippen LogP) is 2.60. The fourth-order valence-corrected chi connectivity index (χ4v) is 4.38. The number of ether oxygens (including phenoxy) is 2. The average molecular weight is 538 g/mol. The Kier molecular flexibility index (Phi) is 9.24. The van der Waals surface area contributed by atoms with Crippen LogP contribution in [0, 0.1) is 0 Å². The third-order valence-electron chi connectivity index (χ3n) is 6.52. The first-order valence-electron chi connectivity index (χ1n) is 13.1. The van der Waals surface area contributed by atoms with Gasteiger partial charge < -0.3 is 34.3 Å². The van der Waals surface area contributed by atoms with E-state index in [1.165, 1.54) is 7.11 Å². The summed E-state index contributed by atoms with van der Waals surface area (Å²) in [5.74, 6) is -0.218. The number of amides is 3. The number of nitrogens with one attached hydrogen (secondary N) is 2. The van der Waals surface area contributed by atoms with Crippen LogP contribution in [0.1, 0.15) is 36.5 Å². The van der Waals surface area contributed by atoms with Crippen LogP contribution in [-0.4, -0.2) is 80.6 Å². The third kappa shape index (κ3) is 7.18. The molecule has 1 aromatic heterocycles. The van der Waals surface area contributed by atoms with Gasteiger partial charge >= 0.3 is 0 Å². The van der Waals surface area contributed by atoms with E-state index >= 15 is 0 Å². The summed E-state index contributed by atoms with van der Waals surface area (Å²) in [6.45, 7) is 3.64. The highest BCUT2D eigenvalue weighted by molar-refractivity contribution is 5.95. The van der Waals surface area contributed by atoms with Gasteiger partial charge in [0.2, 0.25) is 5.91 Å². The number of carbonyl (C=O) groups excluding carboxylic acids is 3. The molecule has 208 valence electrons. The van der Waals surface area contributed by atoms with Gasteiger partial charge in [-0.2, -0.15) is 4.98 Å². The minimum absolute atomic E-state index is 0.184. The molecule has 0 spiro atoms. The standard InChI is InChI=1S/C28H35N5O6/c1-19-27(36)32(2)14-6-7-15-33(28-31-21-9-4-5-10-22(21)39-28)16-8-13-29-26(35)20-11-12-23(24(17-20)37-3)38-18-25(34)30-19/h4-5,9-12,17,19H,6-8,13-16,18H2,1-3H3,(H,29,35)(H,30,34)/t19-/m0/s1. The van der Waals surface area contributed by atoms with Crippen molar-refractivity contribution in [3.8, 4) is 11.5 Å².